The molecule has 31 heavy (non-hydrogen) atoms. The normalized spacial score (nSPS) is 17.8. The molecule has 0 aliphatic carbocycles. The summed E-state index contributed by atoms with van der Waals surface area (Å²) in [7, 11) is 3.13. The van der Waals surface area contributed by atoms with Gasteiger partial charge in [-0.3, -0.25) is 9.59 Å². The highest BCUT2D eigenvalue weighted by molar-refractivity contribution is 6.46. The van der Waals surface area contributed by atoms with Gasteiger partial charge in [-0.05, 0) is 43.2 Å². The number of hydrogen-bond acceptors (Lipinski definition) is 6. The highest BCUT2D eigenvalue weighted by Crippen LogP contribution is 2.40. The van der Waals surface area contributed by atoms with Crippen LogP contribution in [0.25, 0.3) is 5.76 Å². The van der Waals surface area contributed by atoms with Crippen molar-refractivity contribution in [1.82, 2.24) is 4.90 Å². The highest BCUT2D eigenvalue weighted by Gasteiger charge is 2.45. The van der Waals surface area contributed by atoms with E-state index in [1.54, 1.807) is 56.7 Å². The Bertz CT molecular complexity index is 984. The summed E-state index contributed by atoms with van der Waals surface area (Å²) in [4.78, 5) is 27.4. The first-order valence-corrected chi connectivity index (χ1v) is 10.2. The van der Waals surface area contributed by atoms with Crippen molar-refractivity contribution in [3.63, 3.8) is 0 Å². The molecule has 7 nitrogen and oxygen atoms in total. The maximum atomic E-state index is 13.0. The summed E-state index contributed by atoms with van der Waals surface area (Å²) in [5.41, 5.74) is 1.14. The van der Waals surface area contributed by atoms with Crippen molar-refractivity contribution in [3.8, 4) is 11.5 Å². The molecule has 1 aliphatic heterocycles. The van der Waals surface area contributed by atoms with Gasteiger partial charge in [0.15, 0.2) is 0 Å². The Morgan fingerprint density at radius 1 is 1.06 bits per heavy atom. The highest BCUT2D eigenvalue weighted by atomic mass is 16.5. The van der Waals surface area contributed by atoms with E-state index in [-0.39, 0.29) is 11.3 Å². The molecule has 1 saturated heterocycles. The van der Waals surface area contributed by atoms with Crippen LogP contribution < -0.4 is 9.47 Å². The van der Waals surface area contributed by atoms with E-state index in [4.69, 9.17) is 14.2 Å². The van der Waals surface area contributed by atoms with Crippen molar-refractivity contribution >= 4 is 17.4 Å². The number of likely N-dealkylation sites (tertiary alicyclic amines) is 1. The molecule has 1 amide bonds. The summed E-state index contributed by atoms with van der Waals surface area (Å²) in [6.45, 7) is 3.10. The van der Waals surface area contributed by atoms with Crippen LogP contribution in [-0.4, -0.2) is 55.7 Å². The van der Waals surface area contributed by atoms with E-state index >= 15 is 0 Å². The lowest BCUT2D eigenvalue weighted by Crippen LogP contribution is -2.31. The molecule has 7 heteroatoms. The predicted molar refractivity (Wildman–Crippen MR) is 116 cm³/mol. The first-order valence-electron chi connectivity index (χ1n) is 10.2. The van der Waals surface area contributed by atoms with Crippen LogP contribution in [0, 0.1) is 0 Å². The molecule has 3 rings (SSSR count). The van der Waals surface area contributed by atoms with E-state index in [1.807, 2.05) is 13.0 Å². The third kappa shape index (κ3) is 4.72. The van der Waals surface area contributed by atoms with Gasteiger partial charge in [-0.15, -0.1) is 0 Å². The van der Waals surface area contributed by atoms with Crippen molar-refractivity contribution in [2.45, 2.75) is 19.4 Å². The fourth-order valence-electron chi connectivity index (χ4n) is 3.70. The standard InChI is InChI=1S/C24H27NO6/c1-4-31-19-11-6-9-17(15-19)22(26)20-21(16-8-5-10-18(14-16)30-3)25(12-7-13-29-2)24(28)23(20)27/h5-6,8-11,14-15,21,26H,4,7,12-13H2,1-3H3. The van der Waals surface area contributed by atoms with E-state index in [0.29, 0.717) is 48.8 Å². The number of nitrogens with zero attached hydrogens (tertiary/aromatic N) is 1. The summed E-state index contributed by atoms with van der Waals surface area (Å²) in [5, 5.41) is 11.1. The number of benzene rings is 2. The first kappa shape index (κ1) is 22.4. The smallest absolute Gasteiger partial charge is 0.295 e. The van der Waals surface area contributed by atoms with Crippen molar-refractivity contribution in [3.05, 3.63) is 65.2 Å². The van der Waals surface area contributed by atoms with E-state index in [9.17, 15) is 14.7 Å². The zero-order valence-corrected chi connectivity index (χ0v) is 18.0. The molecule has 1 N–H and O–H groups in total. The number of ketones is 1. The van der Waals surface area contributed by atoms with Crippen LogP contribution in [0.1, 0.15) is 30.5 Å². The molecule has 0 spiro atoms. The summed E-state index contributed by atoms with van der Waals surface area (Å²) in [5.74, 6) is -0.435. The number of methoxy groups -OCH3 is 2. The van der Waals surface area contributed by atoms with Crippen LogP contribution in [0.15, 0.2) is 54.1 Å². The van der Waals surface area contributed by atoms with Gasteiger partial charge in [0.05, 0.1) is 25.3 Å². The minimum atomic E-state index is -0.734. The lowest BCUT2D eigenvalue weighted by atomic mass is 9.95. The summed E-state index contributed by atoms with van der Waals surface area (Å²) in [6, 6.07) is 13.3. The summed E-state index contributed by atoms with van der Waals surface area (Å²) < 4.78 is 15.9. The Morgan fingerprint density at radius 2 is 1.81 bits per heavy atom. The topological polar surface area (TPSA) is 85.3 Å². The van der Waals surface area contributed by atoms with Crippen molar-refractivity contribution in [2.24, 2.45) is 0 Å². The summed E-state index contributed by atoms with van der Waals surface area (Å²) >= 11 is 0. The molecular weight excluding hydrogens is 398 g/mol. The lowest BCUT2D eigenvalue weighted by molar-refractivity contribution is -0.140. The molecule has 2 aromatic rings. The third-order valence-corrected chi connectivity index (χ3v) is 5.12. The van der Waals surface area contributed by atoms with Gasteiger partial charge in [-0.25, -0.2) is 0 Å². The average molecular weight is 425 g/mol. The molecule has 1 atom stereocenters. The number of amides is 1. The number of Topliss-reactive ketones (excluding diaryl/α,β-unsaturated/α-hetero) is 1. The van der Waals surface area contributed by atoms with E-state index in [0.717, 1.165) is 0 Å². The number of carbonyl (C=O) groups is 2. The molecule has 0 radical (unpaired) electrons. The lowest BCUT2D eigenvalue weighted by Gasteiger charge is -2.25. The van der Waals surface area contributed by atoms with Crippen LogP contribution in [0.5, 0.6) is 11.5 Å². The minimum absolute atomic E-state index is 0.0457. The van der Waals surface area contributed by atoms with Gasteiger partial charge in [0.1, 0.15) is 17.3 Å². The minimum Gasteiger partial charge on any atom is -0.507 e. The molecule has 2 aromatic carbocycles. The van der Waals surface area contributed by atoms with Crippen LogP contribution in [-0.2, 0) is 14.3 Å². The van der Waals surface area contributed by atoms with E-state index in [2.05, 4.69) is 0 Å². The maximum absolute atomic E-state index is 13.0. The number of carbonyl (C=O) groups excluding carboxylic acids is 2. The molecule has 0 aromatic heterocycles. The molecule has 1 aliphatic rings. The van der Waals surface area contributed by atoms with Crippen molar-refractivity contribution in [1.29, 1.82) is 0 Å². The van der Waals surface area contributed by atoms with Gasteiger partial charge in [0, 0.05) is 25.8 Å². The Balaban J connectivity index is 2.12. The number of aliphatic hydroxyl groups excluding tert-OH is 1. The van der Waals surface area contributed by atoms with Crippen molar-refractivity contribution in [2.75, 3.05) is 34.0 Å². The molecule has 1 fully saturated rings. The number of aliphatic hydroxyl groups is 1. The zero-order chi connectivity index (χ0) is 22.4. The van der Waals surface area contributed by atoms with Gasteiger partial charge in [0.25, 0.3) is 11.7 Å². The van der Waals surface area contributed by atoms with Crippen LogP contribution >= 0.6 is 0 Å². The van der Waals surface area contributed by atoms with Crippen LogP contribution in [0.4, 0.5) is 0 Å². The van der Waals surface area contributed by atoms with Crippen molar-refractivity contribution < 1.29 is 28.9 Å². The van der Waals surface area contributed by atoms with Crippen LogP contribution in [0.2, 0.25) is 0 Å². The third-order valence-electron chi connectivity index (χ3n) is 5.12. The second-order valence-corrected chi connectivity index (χ2v) is 7.08. The van der Waals surface area contributed by atoms with Gasteiger partial charge >= 0.3 is 0 Å². The fourth-order valence-corrected chi connectivity index (χ4v) is 3.70. The molecule has 1 heterocycles. The average Bonchev–Trinajstić information content (AvgIpc) is 3.04. The monoisotopic (exact) mass is 425 g/mol. The maximum Gasteiger partial charge on any atom is 0.295 e. The Labute approximate surface area is 181 Å². The van der Waals surface area contributed by atoms with Gasteiger partial charge < -0.3 is 24.2 Å². The second kappa shape index (κ2) is 10.1. The van der Waals surface area contributed by atoms with Gasteiger partial charge in [-0.1, -0.05) is 24.3 Å². The van der Waals surface area contributed by atoms with E-state index < -0.39 is 17.7 Å². The molecule has 0 saturated carbocycles. The van der Waals surface area contributed by atoms with Gasteiger partial charge in [0.2, 0.25) is 0 Å². The fraction of sp³-hybridized carbons (Fsp3) is 0.333. The second-order valence-electron chi connectivity index (χ2n) is 7.08. The predicted octanol–water partition coefficient (Wildman–Crippen LogP) is 3.55. The zero-order valence-electron chi connectivity index (χ0n) is 18.0. The SMILES string of the molecule is CCOc1cccc(C(O)=C2C(=O)C(=O)N(CCCOC)C2c2cccc(OC)c2)c1. The Kier molecular flexibility index (Phi) is 7.31. The number of rotatable bonds is 9. The largest absolute Gasteiger partial charge is 0.507 e. The molecule has 164 valence electrons. The molecule has 1 unspecified atom stereocenters. The van der Waals surface area contributed by atoms with Crippen LogP contribution in [0.3, 0.4) is 0 Å². The Morgan fingerprint density at radius 3 is 2.52 bits per heavy atom. The molecular formula is C24H27NO6. The number of hydrogen-bond donors (Lipinski definition) is 1. The van der Waals surface area contributed by atoms with E-state index in [1.165, 1.54) is 4.90 Å². The Hall–Kier alpha value is -3.32. The first-order chi connectivity index (χ1) is 15.0. The quantitative estimate of drug-likeness (QED) is 0.286. The summed E-state index contributed by atoms with van der Waals surface area (Å²) in [6.07, 6.45) is 0.559. The molecule has 0 bridgehead atoms. The number of ether oxygens (including phenoxy) is 3. The van der Waals surface area contributed by atoms with Gasteiger partial charge in [-0.2, -0.15) is 0 Å².